The third-order valence-electron chi connectivity index (χ3n) is 7.84. The summed E-state index contributed by atoms with van der Waals surface area (Å²) >= 11 is 0. The number of methoxy groups -OCH3 is 1. The SMILES string of the molecule is COC(=O)C[C@@H]1[C@H](O)C=C[C@@H]1CCCCCCCCO[Si](c1ccccc1)(c1ccccc1)C(C)(C)C. The number of hydrogen-bond donors (Lipinski definition) is 1. The number of ether oxygens (including phenoxy) is 1. The van der Waals surface area contributed by atoms with Crippen LogP contribution in [0.3, 0.4) is 0 Å². The molecule has 37 heavy (non-hydrogen) atoms. The van der Waals surface area contributed by atoms with Gasteiger partial charge in [0.15, 0.2) is 0 Å². The Labute approximate surface area is 225 Å². The highest BCUT2D eigenvalue weighted by Crippen LogP contribution is 2.37. The van der Waals surface area contributed by atoms with E-state index in [1.54, 1.807) is 0 Å². The molecule has 3 atom stereocenters. The molecule has 0 fully saturated rings. The average Bonchev–Trinajstić information content (AvgIpc) is 3.24. The molecule has 0 aromatic heterocycles. The zero-order valence-corrected chi connectivity index (χ0v) is 24.2. The monoisotopic (exact) mass is 522 g/mol. The van der Waals surface area contributed by atoms with Crippen molar-refractivity contribution in [3.8, 4) is 0 Å². The van der Waals surface area contributed by atoms with Gasteiger partial charge in [-0.25, -0.2) is 0 Å². The fourth-order valence-corrected chi connectivity index (χ4v) is 10.4. The van der Waals surface area contributed by atoms with Crippen LogP contribution >= 0.6 is 0 Å². The molecule has 4 nitrogen and oxygen atoms in total. The normalized spacial score (nSPS) is 19.8. The van der Waals surface area contributed by atoms with Crippen LogP contribution in [0.1, 0.15) is 72.1 Å². The van der Waals surface area contributed by atoms with Crippen LogP contribution in [-0.4, -0.2) is 39.2 Å². The Hall–Kier alpha value is -2.21. The van der Waals surface area contributed by atoms with Crippen molar-refractivity contribution < 1.29 is 19.1 Å². The molecule has 1 aliphatic carbocycles. The fourth-order valence-electron chi connectivity index (χ4n) is 5.83. The molecular weight excluding hydrogens is 476 g/mol. The van der Waals surface area contributed by atoms with Gasteiger partial charge in [0, 0.05) is 12.5 Å². The van der Waals surface area contributed by atoms with E-state index in [2.05, 4.69) is 87.5 Å². The first kappa shape index (κ1) is 29.3. The molecule has 1 aliphatic rings. The predicted octanol–water partition coefficient (Wildman–Crippen LogP) is 6.02. The van der Waals surface area contributed by atoms with Crippen molar-refractivity contribution in [3.05, 3.63) is 72.8 Å². The van der Waals surface area contributed by atoms with Crippen LogP contribution in [0.15, 0.2) is 72.8 Å². The molecule has 0 heterocycles. The number of rotatable bonds is 14. The van der Waals surface area contributed by atoms with Crippen LogP contribution in [0, 0.1) is 11.8 Å². The second kappa shape index (κ2) is 14.1. The van der Waals surface area contributed by atoms with Crippen molar-refractivity contribution in [2.24, 2.45) is 11.8 Å². The highest BCUT2D eigenvalue weighted by molar-refractivity contribution is 6.99. The summed E-state index contributed by atoms with van der Waals surface area (Å²) in [5.41, 5.74) is 0. The third kappa shape index (κ3) is 7.65. The first-order valence-corrected chi connectivity index (χ1v) is 15.9. The van der Waals surface area contributed by atoms with Gasteiger partial charge >= 0.3 is 5.97 Å². The molecule has 0 saturated heterocycles. The maximum absolute atomic E-state index is 11.7. The molecule has 202 valence electrons. The molecule has 0 radical (unpaired) electrons. The topological polar surface area (TPSA) is 55.8 Å². The number of unbranched alkanes of at least 4 members (excludes halogenated alkanes) is 5. The summed E-state index contributed by atoms with van der Waals surface area (Å²) < 4.78 is 11.8. The van der Waals surface area contributed by atoms with Crippen molar-refractivity contribution in [1.82, 2.24) is 0 Å². The lowest BCUT2D eigenvalue weighted by Gasteiger charge is -2.43. The maximum atomic E-state index is 11.7. The van der Waals surface area contributed by atoms with Crippen LogP contribution in [0.4, 0.5) is 0 Å². The van der Waals surface area contributed by atoms with E-state index in [-0.39, 0.29) is 22.8 Å². The van der Waals surface area contributed by atoms with Gasteiger partial charge in [-0.05, 0) is 34.2 Å². The van der Waals surface area contributed by atoms with Gasteiger partial charge in [0.2, 0.25) is 0 Å². The minimum Gasteiger partial charge on any atom is -0.469 e. The lowest BCUT2D eigenvalue weighted by atomic mass is 9.87. The van der Waals surface area contributed by atoms with E-state index in [9.17, 15) is 9.90 Å². The second-order valence-corrected chi connectivity index (χ2v) is 15.7. The third-order valence-corrected chi connectivity index (χ3v) is 12.9. The lowest BCUT2D eigenvalue weighted by molar-refractivity contribution is -0.142. The Morgan fingerprint density at radius 3 is 1.92 bits per heavy atom. The molecule has 0 bridgehead atoms. The van der Waals surface area contributed by atoms with Crippen molar-refractivity contribution in [2.45, 2.75) is 83.3 Å². The molecule has 0 spiro atoms. The zero-order chi connectivity index (χ0) is 26.7. The summed E-state index contributed by atoms with van der Waals surface area (Å²) in [5, 5.41) is 12.9. The lowest BCUT2D eigenvalue weighted by Crippen LogP contribution is -2.66. The molecule has 2 aromatic rings. The molecule has 1 N–H and O–H groups in total. The van der Waals surface area contributed by atoms with Crippen molar-refractivity contribution >= 4 is 24.7 Å². The zero-order valence-electron chi connectivity index (χ0n) is 23.2. The van der Waals surface area contributed by atoms with E-state index in [1.165, 1.54) is 43.2 Å². The predicted molar refractivity (Wildman–Crippen MR) is 155 cm³/mol. The fraction of sp³-hybridized carbons (Fsp3) is 0.531. The van der Waals surface area contributed by atoms with Crippen LogP contribution in [0.2, 0.25) is 5.04 Å². The summed E-state index contributed by atoms with van der Waals surface area (Å²) in [7, 11) is -1.02. The van der Waals surface area contributed by atoms with Gasteiger partial charge in [-0.15, -0.1) is 0 Å². The van der Waals surface area contributed by atoms with E-state index < -0.39 is 14.4 Å². The van der Waals surface area contributed by atoms with Crippen LogP contribution in [0.5, 0.6) is 0 Å². The Kier molecular flexibility index (Phi) is 11.2. The maximum Gasteiger partial charge on any atom is 0.305 e. The summed E-state index contributed by atoms with van der Waals surface area (Å²) in [5.74, 6) is -0.00179. The quantitative estimate of drug-likeness (QED) is 0.143. The van der Waals surface area contributed by atoms with Crippen molar-refractivity contribution in [1.29, 1.82) is 0 Å². The van der Waals surface area contributed by atoms with E-state index in [4.69, 9.17) is 9.16 Å². The Morgan fingerprint density at radius 1 is 0.838 bits per heavy atom. The first-order chi connectivity index (χ1) is 17.8. The van der Waals surface area contributed by atoms with E-state index in [0.717, 1.165) is 25.9 Å². The van der Waals surface area contributed by atoms with Crippen molar-refractivity contribution in [2.75, 3.05) is 13.7 Å². The number of aliphatic hydroxyl groups excluding tert-OH is 1. The smallest absolute Gasteiger partial charge is 0.305 e. The minimum atomic E-state index is -2.43. The number of esters is 1. The standard InChI is InChI=1S/C32H46O4Si/c1-32(2,3)37(27-18-12-9-13-19-27,28-20-14-10-15-21-28)36-24-16-8-6-5-7-11-17-26-22-23-30(33)29(26)25-31(34)35-4/h9-10,12-15,18-23,26,29-30,33H,5-8,11,16-17,24-25H2,1-4H3/t26-,29-,30+/m0/s1. The van der Waals surface area contributed by atoms with Gasteiger partial charge in [-0.1, -0.05) is 126 Å². The molecule has 0 unspecified atom stereocenters. The second-order valence-electron chi connectivity index (χ2n) is 11.4. The van der Waals surface area contributed by atoms with Crippen LogP contribution in [0.25, 0.3) is 0 Å². The van der Waals surface area contributed by atoms with E-state index in [1.807, 2.05) is 6.08 Å². The van der Waals surface area contributed by atoms with E-state index >= 15 is 0 Å². The van der Waals surface area contributed by atoms with Gasteiger partial charge in [0.1, 0.15) is 0 Å². The number of carbonyl (C=O) groups excluding carboxylic acids is 1. The highest BCUT2D eigenvalue weighted by atomic mass is 28.4. The number of benzene rings is 2. The number of hydrogen-bond acceptors (Lipinski definition) is 4. The summed E-state index contributed by atoms with van der Waals surface area (Å²) in [4.78, 5) is 11.7. The first-order valence-electron chi connectivity index (χ1n) is 14.0. The van der Waals surface area contributed by atoms with Gasteiger partial charge in [-0.2, -0.15) is 0 Å². The highest BCUT2D eigenvalue weighted by Gasteiger charge is 2.49. The summed E-state index contributed by atoms with van der Waals surface area (Å²) in [6, 6.07) is 21.7. The van der Waals surface area contributed by atoms with Gasteiger partial charge < -0.3 is 14.3 Å². The van der Waals surface area contributed by atoms with E-state index in [0.29, 0.717) is 6.42 Å². The number of allylic oxidation sites excluding steroid dienone is 1. The molecule has 0 saturated carbocycles. The molecule has 0 aliphatic heterocycles. The van der Waals surface area contributed by atoms with Gasteiger partial charge in [-0.3, -0.25) is 4.79 Å². The largest absolute Gasteiger partial charge is 0.469 e. The molecule has 0 amide bonds. The Balaban J connectivity index is 1.45. The average molecular weight is 523 g/mol. The van der Waals surface area contributed by atoms with Gasteiger partial charge in [0.05, 0.1) is 19.6 Å². The Bertz CT molecular complexity index is 928. The molecule has 3 rings (SSSR count). The number of aliphatic hydroxyl groups is 1. The molecular formula is C32H46O4Si. The summed E-state index contributed by atoms with van der Waals surface area (Å²) in [6.45, 7) is 7.77. The number of carbonyl (C=O) groups is 1. The minimum absolute atomic E-state index is 0.0176. The Morgan fingerprint density at radius 2 is 1.38 bits per heavy atom. The van der Waals surface area contributed by atoms with Crippen LogP contribution in [-0.2, 0) is 14.0 Å². The van der Waals surface area contributed by atoms with Crippen molar-refractivity contribution in [3.63, 3.8) is 0 Å². The summed E-state index contributed by atoms with van der Waals surface area (Å²) in [6.07, 6.45) is 11.7. The van der Waals surface area contributed by atoms with Gasteiger partial charge in [0.25, 0.3) is 8.32 Å². The van der Waals surface area contributed by atoms with Crippen LogP contribution < -0.4 is 10.4 Å². The molecule has 2 aromatic carbocycles. The molecule has 5 heteroatoms.